The van der Waals surface area contributed by atoms with Crippen LogP contribution in [0, 0.1) is 12.3 Å². The summed E-state index contributed by atoms with van der Waals surface area (Å²) in [6.45, 7) is 5.37. The summed E-state index contributed by atoms with van der Waals surface area (Å²) in [5, 5.41) is 3.31. The molecule has 1 aromatic rings. The number of methoxy groups -OCH3 is 1. The van der Waals surface area contributed by atoms with Gasteiger partial charge in [0.15, 0.2) is 11.5 Å². The fourth-order valence-corrected chi connectivity index (χ4v) is 1.66. The van der Waals surface area contributed by atoms with Gasteiger partial charge in [-0.3, -0.25) is 5.32 Å². The summed E-state index contributed by atoms with van der Waals surface area (Å²) < 4.78 is 10.8. The number of ether oxygens (including phenoxy) is 2. The van der Waals surface area contributed by atoms with Crippen molar-refractivity contribution < 1.29 is 9.47 Å². The van der Waals surface area contributed by atoms with E-state index in [2.05, 4.69) is 18.2 Å². The smallest absolute Gasteiger partial charge is 0.161 e. The fourth-order valence-electron chi connectivity index (χ4n) is 1.66. The van der Waals surface area contributed by atoms with Crippen molar-refractivity contribution in [2.45, 2.75) is 32.9 Å². The van der Waals surface area contributed by atoms with Crippen LogP contribution < -0.4 is 14.8 Å². The average Bonchev–Trinajstić information content (AvgIpc) is 2.40. The van der Waals surface area contributed by atoms with Crippen molar-refractivity contribution in [2.75, 3.05) is 13.7 Å². The largest absolute Gasteiger partial charge is 0.493 e. The van der Waals surface area contributed by atoms with Gasteiger partial charge in [0.25, 0.3) is 0 Å². The van der Waals surface area contributed by atoms with E-state index in [1.54, 1.807) is 7.11 Å². The number of nitrogens with one attached hydrogen (secondary N) is 1. The van der Waals surface area contributed by atoms with Gasteiger partial charge >= 0.3 is 0 Å². The molecule has 0 spiro atoms. The summed E-state index contributed by atoms with van der Waals surface area (Å²) >= 11 is 0. The Morgan fingerprint density at radius 2 is 2.11 bits per heavy atom. The lowest BCUT2D eigenvalue weighted by Gasteiger charge is -2.13. The lowest BCUT2D eigenvalue weighted by Crippen LogP contribution is -2.26. The van der Waals surface area contributed by atoms with Crippen molar-refractivity contribution in [3.63, 3.8) is 0 Å². The van der Waals surface area contributed by atoms with Crippen molar-refractivity contribution in [1.29, 1.82) is 0 Å². The number of hydrogen-bond donors (Lipinski definition) is 1. The molecule has 18 heavy (non-hydrogen) atoms. The first-order valence-electron chi connectivity index (χ1n) is 6.24. The summed E-state index contributed by atoms with van der Waals surface area (Å²) in [7, 11) is 1.64. The minimum atomic E-state index is 0.114. The van der Waals surface area contributed by atoms with Crippen molar-refractivity contribution >= 4 is 0 Å². The first-order valence-corrected chi connectivity index (χ1v) is 6.24. The monoisotopic (exact) mass is 247 g/mol. The van der Waals surface area contributed by atoms with Gasteiger partial charge in [0.2, 0.25) is 0 Å². The summed E-state index contributed by atoms with van der Waals surface area (Å²) in [6, 6.07) is 6.03. The predicted octanol–water partition coefficient (Wildman–Crippen LogP) is 2.60. The Labute approximate surface area is 109 Å². The van der Waals surface area contributed by atoms with E-state index in [1.165, 1.54) is 0 Å². The van der Waals surface area contributed by atoms with E-state index in [0.29, 0.717) is 6.61 Å². The molecule has 0 bridgehead atoms. The standard InChI is InChI=1S/C15H21NO2/c1-5-13(6-2)16-11-12-8-9-14(17-4)15(10-12)18-7-3/h1,8-10,13,16H,6-7,11H2,2-4H3. The van der Waals surface area contributed by atoms with E-state index in [9.17, 15) is 0 Å². The molecule has 1 N–H and O–H groups in total. The van der Waals surface area contributed by atoms with Crippen molar-refractivity contribution in [3.8, 4) is 23.8 Å². The lowest BCUT2D eigenvalue weighted by molar-refractivity contribution is 0.310. The first-order chi connectivity index (χ1) is 8.74. The van der Waals surface area contributed by atoms with Crippen LogP contribution in [0.1, 0.15) is 25.8 Å². The molecule has 0 saturated heterocycles. The maximum atomic E-state index is 5.53. The Balaban J connectivity index is 2.72. The number of terminal acetylenes is 1. The van der Waals surface area contributed by atoms with Crippen LogP contribution in [0.3, 0.4) is 0 Å². The highest BCUT2D eigenvalue weighted by Crippen LogP contribution is 2.27. The molecule has 3 nitrogen and oxygen atoms in total. The Bertz CT molecular complexity index is 409. The van der Waals surface area contributed by atoms with Crippen molar-refractivity contribution in [3.05, 3.63) is 23.8 Å². The third-order valence-corrected chi connectivity index (χ3v) is 2.69. The van der Waals surface area contributed by atoms with Crippen molar-refractivity contribution in [2.24, 2.45) is 0 Å². The third kappa shape index (κ3) is 3.97. The zero-order valence-electron chi connectivity index (χ0n) is 11.3. The van der Waals surface area contributed by atoms with Gasteiger partial charge < -0.3 is 9.47 Å². The maximum Gasteiger partial charge on any atom is 0.161 e. The summed E-state index contributed by atoms with van der Waals surface area (Å²) in [5.74, 6) is 4.24. The second kappa shape index (κ2) is 7.62. The molecule has 0 aromatic heterocycles. The summed E-state index contributed by atoms with van der Waals surface area (Å²) in [5.41, 5.74) is 1.13. The summed E-state index contributed by atoms with van der Waals surface area (Å²) in [4.78, 5) is 0. The molecule has 0 heterocycles. The molecular weight excluding hydrogens is 226 g/mol. The molecule has 0 aliphatic rings. The third-order valence-electron chi connectivity index (χ3n) is 2.69. The molecule has 0 aliphatic carbocycles. The molecule has 0 saturated carbocycles. The molecular formula is C15H21NO2. The van der Waals surface area contributed by atoms with Crippen LogP contribution in [-0.4, -0.2) is 19.8 Å². The van der Waals surface area contributed by atoms with Crippen LogP contribution >= 0.6 is 0 Å². The first kappa shape index (κ1) is 14.4. The van der Waals surface area contributed by atoms with E-state index >= 15 is 0 Å². The lowest BCUT2D eigenvalue weighted by atomic mass is 10.1. The number of benzene rings is 1. The van der Waals surface area contributed by atoms with Gasteiger partial charge in [0.05, 0.1) is 19.8 Å². The highest BCUT2D eigenvalue weighted by molar-refractivity contribution is 5.43. The Kier molecular flexibility index (Phi) is 6.10. The van der Waals surface area contributed by atoms with Gasteiger partial charge in [0.1, 0.15) is 0 Å². The molecule has 0 fully saturated rings. The van der Waals surface area contributed by atoms with Crippen LogP contribution in [-0.2, 0) is 6.54 Å². The fraction of sp³-hybridized carbons (Fsp3) is 0.467. The van der Waals surface area contributed by atoms with E-state index in [-0.39, 0.29) is 6.04 Å². The van der Waals surface area contributed by atoms with Gasteiger partial charge in [0, 0.05) is 6.54 Å². The van der Waals surface area contributed by atoms with Crippen molar-refractivity contribution in [1.82, 2.24) is 5.32 Å². The van der Waals surface area contributed by atoms with Crippen LogP contribution in [0.25, 0.3) is 0 Å². The quantitative estimate of drug-likeness (QED) is 0.751. The minimum Gasteiger partial charge on any atom is -0.493 e. The van der Waals surface area contributed by atoms with E-state index in [0.717, 1.165) is 30.0 Å². The normalized spacial score (nSPS) is 11.7. The second-order valence-electron chi connectivity index (χ2n) is 3.93. The molecule has 1 unspecified atom stereocenters. The van der Waals surface area contributed by atoms with Gasteiger partial charge in [-0.25, -0.2) is 0 Å². The molecule has 1 rings (SSSR count). The van der Waals surface area contributed by atoms with Crippen LogP contribution in [0.4, 0.5) is 0 Å². The van der Waals surface area contributed by atoms with Gasteiger partial charge in [-0.1, -0.05) is 18.9 Å². The molecule has 3 heteroatoms. The second-order valence-corrected chi connectivity index (χ2v) is 3.93. The topological polar surface area (TPSA) is 30.5 Å². The maximum absolute atomic E-state index is 5.53. The molecule has 98 valence electrons. The zero-order valence-corrected chi connectivity index (χ0v) is 11.3. The predicted molar refractivity (Wildman–Crippen MR) is 73.9 cm³/mol. The molecule has 0 aliphatic heterocycles. The molecule has 1 atom stereocenters. The summed E-state index contributed by atoms with van der Waals surface area (Å²) in [6.07, 6.45) is 6.34. The Morgan fingerprint density at radius 1 is 1.33 bits per heavy atom. The SMILES string of the molecule is C#CC(CC)NCc1ccc(OC)c(OCC)c1. The Hall–Kier alpha value is -1.66. The Morgan fingerprint density at radius 3 is 2.67 bits per heavy atom. The van der Waals surface area contributed by atoms with E-state index < -0.39 is 0 Å². The molecule has 0 amide bonds. The van der Waals surface area contributed by atoms with Gasteiger partial charge in [-0.2, -0.15) is 0 Å². The highest BCUT2D eigenvalue weighted by Gasteiger charge is 2.06. The molecule has 0 radical (unpaired) electrons. The number of hydrogen-bond acceptors (Lipinski definition) is 3. The molecule has 1 aromatic carbocycles. The van der Waals surface area contributed by atoms with Gasteiger partial charge in [-0.15, -0.1) is 6.42 Å². The van der Waals surface area contributed by atoms with Gasteiger partial charge in [-0.05, 0) is 31.0 Å². The van der Waals surface area contributed by atoms with E-state index in [1.807, 2.05) is 25.1 Å². The van der Waals surface area contributed by atoms with Crippen LogP contribution in [0.15, 0.2) is 18.2 Å². The minimum absolute atomic E-state index is 0.114. The highest BCUT2D eigenvalue weighted by atomic mass is 16.5. The van der Waals surface area contributed by atoms with E-state index in [4.69, 9.17) is 15.9 Å². The average molecular weight is 247 g/mol. The van der Waals surface area contributed by atoms with Crippen LogP contribution in [0.2, 0.25) is 0 Å². The van der Waals surface area contributed by atoms with Crippen LogP contribution in [0.5, 0.6) is 11.5 Å². The zero-order chi connectivity index (χ0) is 13.4. The number of rotatable bonds is 7.